The summed E-state index contributed by atoms with van der Waals surface area (Å²) in [5.74, 6) is -2.94. The van der Waals surface area contributed by atoms with E-state index >= 15 is 0 Å². The average molecular weight is 256 g/mol. The summed E-state index contributed by atoms with van der Waals surface area (Å²) in [5, 5.41) is 10.5. The van der Waals surface area contributed by atoms with E-state index in [1.165, 1.54) is 0 Å². The third-order valence-corrected chi connectivity index (χ3v) is 2.24. The zero-order valence-electron chi connectivity index (χ0n) is 9.47. The molecule has 2 atom stereocenters. The van der Waals surface area contributed by atoms with Crippen molar-refractivity contribution in [3.63, 3.8) is 0 Å². The molecule has 0 heterocycles. The molecular formula is C9H15F3N2O3. The summed E-state index contributed by atoms with van der Waals surface area (Å²) in [7, 11) is 0. The summed E-state index contributed by atoms with van der Waals surface area (Å²) >= 11 is 0. The molecule has 0 rings (SSSR count). The van der Waals surface area contributed by atoms with Crippen molar-refractivity contribution >= 4 is 11.9 Å². The first kappa shape index (κ1) is 15.7. The minimum absolute atomic E-state index is 0.0367. The number of halogens is 3. The molecule has 1 unspecified atom stereocenters. The van der Waals surface area contributed by atoms with E-state index in [2.05, 4.69) is 0 Å². The van der Waals surface area contributed by atoms with Crippen LogP contribution in [-0.2, 0) is 9.59 Å². The number of nitrogens with two attached hydrogens (primary N) is 1. The molecule has 0 radical (unpaired) electrons. The smallest absolute Gasteiger partial charge is 0.415 e. The molecule has 8 heteroatoms. The third-order valence-electron chi connectivity index (χ3n) is 2.24. The molecule has 0 aromatic heterocycles. The molecule has 0 aliphatic carbocycles. The second kappa shape index (κ2) is 5.35. The second-order valence-corrected chi connectivity index (χ2v) is 3.85. The van der Waals surface area contributed by atoms with Crippen LogP contribution in [0.2, 0.25) is 0 Å². The predicted octanol–water partition coefficient (Wildman–Crippen LogP) is 0.636. The SMILES string of the molecule is CCC[C@@H](NC(=O)C(C)(N)C(F)(F)F)C(=O)O. The molecule has 100 valence electrons. The van der Waals surface area contributed by atoms with E-state index in [1.807, 2.05) is 0 Å². The Morgan fingerprint density at radius 3 is 2.18 bits per heavy atom. The first-order chi connectivity index (χ1) is 7.54. The number of rotatable bonds is 5. The van der Waals surface area contributed by atoms with Gasteiger partial charge in [0, 0.05) is 0 Å². The topological polar surface area (TPSA) is 92.4 Å². The van der Waals surface area contributed by atoms with Crippen LogP contribution in [0.25, 0.3) is 0 Å². The monoisotopic (exact) mass is 256 g/mol. The molecular weight excluding hydrogens is 241 g/mol. The molecule has 0 aliphatic heterocycles. The lowest BCUT2D eigenvalue weighted by Crippen LogP contribution is -2.63. The van der Waals surface area contributed by atoms with Gasteiger partial charge in [-0.1, -0.05) is 13.3 Å². The maximum atomic E-state index is 12.4. The summed E-state index contributed by atoms with van der Waals surface area (Å²) in [5.41, 5.74) is 1.75. The van der Waals surface area contributed by atoms with Gasteiger partial charge in [0.2, 0.25) is 5.91 Å². The minimum Gasteiger partial charge on any atom is -0.480 e. The summed E-state index contributed by atoms with van der Waals surface area (Å²) in [4.78, 5) is 21.9. The molecule has 0 aliphatic rings. The van der Waals surface area contributed by atoms with Crippen LogP contribution in [0.3, 0.4) is 0 Å². The molecule has 17 heavy (non-hydrogen) atoms. The van der Waals surface area contributed by atoms with Gasteiger partial charge in [0.15, 0.2) is 5.54 Å². The van der Waals surface area contributed by atoms with Crippen LogP contribution in [0.5, 0.6) is 0 Å². The van der Waals surface area contributed by atoms with Gasteiger partial charge in [-0.15, -0.1) is 0 Å². The largest absolute Gasteiger partial charge is 0.480 e. The van der Waals surface area contributed by atoms with E-state index in [0.717, 1.165) is 0 Å². The van der Waals surface area contributed by atoms with E-state index in [1.54, 1.807) is 12.2 Å². The van der Waals surface area contributed by atoms with Crippen LogP contribution in [-0.4, -0.2) is 34.7 Å². The molecule has 0 aromatic carbocycles. The molecule has 0 spiro atoms. The van der Waals surface area contributed by atoms with Crippen LogP contribution in [0.15, 0.2) is 0 Å². The number of carbonyl (C=O) groups is 2. The fraction of sp³-hybridized carbons (Fsp3) is 0.778. The fourth-order valence-electron chi connectivity index (χ4n) is 0.983. The minimum atomic E-state index is -4.94. The number of carbonyl (C=O) groups excluding carboxylic acids is 1. The zero-order chi connectivity index (χ0) is 13.9. The third kappa shape index (κ3) is 3.88. The number of hydrogen-bond donors (Lipinski definition) is 3. The van der Waals surface area contributed by atoms with Crippen molar-refractivity contribution in [2.24, 2.45) is 5.73 Å². The Morgan fingerprint density at radius 2 is 1.88 bits per heavy atom. The summed E-state index contributed by atoms with van der Waals surface area (Å²) < 4.78 is 37.2. The Labute approximate surface area is 96.2 Å². The van der Waals surface area contributed by atoms with Crippen LogP contribution in [0.1, 0.15) is 26.7 Å². The van der Waals surface area contributed by atoms with Crippen molar-refractivity contribution in [3.05, 3.63) is 0 Å². The number of alkyl halides is 3. The van der Waals surface area contributed by atoms with Crippen molar-refractivity contribution in [1.29, 1.82) is 0 Å². The number of nitrogens with one attached hydrogen (secondary N) is 1. The molecule has 4 N–H and O–H groups in total. The van der Waals surface area contributed by atoms with Crippen molar-refractivity contribution in [2.75, 3.05) is 0 Å². The maximum Gasteiger partial charge on any atom is 0.415 e. The predicted molar refractivity (Wildman–Crippen MR) is 53.1 cm³/mol. The second-order valence-electron chi connectivity index (χ2n) is 3.85. The molecule has 0 saturated heterocycles. The highest BCUT2D eigenvalue weighted by Crippen LogP contribution is 2.28. The Bertz CT molecular complexity index is 302. The Balaban J connectivity index is 4.78. The van der Waals surface area contributed by atoms with E-state index in [0.29, 0.717) is 13.3 Å². The van der Waals surface area contributed by atoms with Crippen LogP contribution in [0, 0.1) is 0 Å². The number of carboxylic acid groups (broad SMARTS) is 1. The van der Waals surface area contributed by atoms with Crippen LogP contribution in [0.4, 0.5) is 13.2 Å². The molecule has 0 saturated carbocycles. The molecule has 5 nitrogen and oxygen atoms in total. The Morgan fingerprint density at radius 1 is 1.41 bits per heavy atom. The summed E-state index contributed by atoms with van der Waals surface area (Å²) in [6.07, 6.45) is -4.49. The first-order valence-corrected chi connectivity index (χ1v) is 4.93. The lowest BCUT2D eigenvalue weighted by atomic mass is 10.0. The van der Waals surface area contributed by atoms with E-state index in [4.69, 9.17) is 10.8 Å². The Kier molecular flexibility index (Phi) is 4.94. The summed E-state index contributed by atoms with van der Waals surface area (Å²) in [6, 6.07) is -1.36. The van der Waals surface area contributed by atoms with Crippen molar-refractivity contribution in [2.45, 2.75) is 44.4 Å². The van der Waals surface area contributed by atoms with Gasteiger partial charge in [0.25, 0.3) is 0 Å². The maximum absolute atomic E-state index is 12.4. The van der Waals surface area contributed by atoms with E-state index in [9.17, 15) is 22.8 Å². The number of amides is 1. The quantitative estimate of drug-likeness (QED) is 0.672. The average Bonchev–Trinajstić information content (AvgIpc) is 2.14. The summed E-state index contributed by atoms with van der Waals surface area (Å²) in [6.45, 7) is 2.14. The van der Waals surface area contributed by atoms with Crippen LogP contribution < -0.4 is 11.1 Å². The molecule has 1 amide bonds. The first-order valence-electron chi connectivity index (χ1n) is 4.93. The lowest BCUT2D eigenvalue weighted by molar-refractivity contribution is -0.188. The highest BCUT2D eigenvalue weighted by molar-refractivity contribution is 5.90. The highest BCUT2D eigenvalue weighted by atomic mass is 19.4. The van der Waals surface area contributed by atoms with Gasteiger partial charge >= 0.3 is 12.1 Å². The van der Waals surface area contributed by atoms with E-state index < -0.39 is 29.6 Å². The van der Waals surface area contributed by atoms with Gasteiger partial charge in [0.1, 0.15) is 6.04 Å². The van der Waals surface area contributed by atoms with Gasteiger partial charge in [-0.05, 0) is 13.3 Å². The van der Waals surface area contributed by atoms with Crippen molar-refractivity contribution in [3.8, 4) is 0 Å². The van der Waals surface area contributed by atoms with Crippen LogP contribution >= 0.6 is 0 Å². The lowest BCUT2D eigenvalue weighted by Gasteiger charge is -2.27. The van der Waals surface area contributed by atoms with Crippen molar-refractivity contribution in [1.82, 2.24) is 5.32 Å². The number of aliphatic carboxylic acids is 1. The molecule has 0 aromatic rings. The van der Waals surface area contributed by atoms with Crippen molar-refractivity contribution < 1.29 is 27.9 Å². The number of hydrogen-bond acceptors (Lipinski definition) is 3. The normalized spacial score (nSPS) is 17.1. The highest BCUT2D eigenvalue weighted by Gasteiger charge is 2.54. The molecule has 0 bridgehead atoms. The Hall–Kier alpha value is -1.31. The zero-order valence-corrected chi connectivity index (χ0v) is 9.47. The molecule has 0 fully saturated rings. The van der Waals surface area contributed by atoms with Gasteiger partial charge < -0.3 is 16.2 Å². The number of carboxylic acids is 1. The standard InChI is InChI=1S/C9H15F3N2O3/c1-3-4-5(6(15)16)14-7(17)8(2,13)9(10,11)12/h5H,3-4,13H2,1-2H3,(H,14,17)(H,15,16)/t5-,8?/m1/s1. The van der Waals surface area contributed by atoms with Gasteiger partial charge in [0.05, 0.1) is 0 Å². The van der Waals surface area contributed by atoms with E-state index in [-0.39, 0.29) is 6.42 Å². The van der Waals surface area contributed by atoms with Gasteiger partial charge in [-0.2, -0.15) is 13.2 Å². The fourth-order valence-corrected chi connectivity index (χ4v) is 0.983. The van der Waals surface area contributed by atoms with Gasteiger partial charge in [-0.3, -0.25) is 4.79 Å². The van der Waals surface area contributed by atoms with Gasteiger partial charge in [-0.25, -0.2) is 4.79 Å².